The van der Waals surface area contributed by atoms with E-state index in [1.807, 2.05) is 13.8 Å². The number of halogens is 1. The van der Waals surface area contributed by atoms with Gasteiger partial charge in [0.05, 0.1) is 13.2 Å². The molecule has 1 rings (SSSR count). The molecule has 0 aromatic heterocycles. The molecular formula is C10H13ClN2O2Zn. The third-order valence-electron chi connectivity index (χ3n) is 1.65. The van der Waals surface area contributed by atoms with Crippen LogP contribution < -0.4 is 21.9 Å². The molecule has 0 saturated carbocycles. The van der Waals surface area contributed by atoms with Gasteiger partial charge in [0.2, 0.25) is 5.39 Å². The Labute approximate surface area is 114 Å². The number of rotatable bonds is 4. The van der Waals surface area contributed by atoms with E-state index < -0.39 is 0 Å². The van der Waals surface area contributed by atoms with Crippen LogP contribution in [0.2, 0.25) is 0 Å². The Bertz CT molecular complexity index is 355. The van der Waals surface area contributed by atoms with Crippen molar-refractivity contribution < 1.29 is 41.4 Å². The molecule has 0 unspecified atom stereocenters. The van der Waals surface area contributed by atoms with Crippen LogP contribution in [0.4, 0.5) is 5.69 Å². The normalized spacial score (nSPS) is 8.06. The third-order valence-corrected chi connectivity index (χ3v) is 1.65. The van der Waals surface area contributed by atoms with Crippen LogP contribution in [0.5, 0.6) is 11.5 Å². The fourth-order valence-corrected chi connectivity index (χ4v) is 1.14. The van der Waals surface area contributed by atoms with E-state index in [4.69, 9.17) is 14.9 Å². The quantitative estimate of drug-likeness (QED) is 0.579. The van der Waals surface area contributed by atoms with E-state index in [0.717, 1.165) is 0 Å². The zero-order valence-electron chi connectivity index (χ0n) is 9.44. The molecular weight excluding hydrogens is 281 g/mol. The Balaban J connectivity index is 0. The van der Waals surface area contributed by atoms with E-state index in [2.05, 4.69) is 4.98 Å². The van der Waals surface area contributed by atoms with Crippen LogP contribution in [0.1, 0.15) is 13.8 Å². The van der Waals surface area contributed by atoms with Gasteiger partial charge in [-0.1, -0.05) is 6.07 Å². The van der Waals surface area contributed by atoms with E-state index in [1.54, 1.807) is 18.2 Å². The summed E-state index contributed by atoms with van der Waals surface area (Å²) in [6, 6.07) is 5.19. The van der Waals surface area contributed by atoms with Gasteiger partial charge in [0.25, 0.3) is 5.75 Å². The predicted molar refractivity (Wildman–Crippen MR) is 53.5 cm³/mol. The average molecular weight is 294 g/mol. The van der Waals surface area contributed by atoms with Crippen LogP contribution in [-0.4, -0.2) is 13.2 Å². The first-order chi connectivity index (χ1) is 6.83. The minimum Gasteiger partial charge on any atom is -1.00 e. The van der Waals surface area contributed by atoms with Gasteiger partial charge in [-0.2, -0.15) is 0 Å². The summed E-state index contributed by atoms with van der Waals surface area (Å²) in [5.74, 6) is 1.09. The topological polar surface area (TPSA) is 46.6 Å². The minimum absolute atomic E-state index is 0. The van der Waals surface area contributed by atoms with Crippen molar-refractivity contribution in [2.45, 2.75) is 13.8 Å². The molecule has 0 spiro atoms. The van der Waals surface area contributed by atoms with Crippen molar-refractivity contribution in [3.05, 3.63) is 23.2 Å². The van der Waals surface area contributed by atoms with Crippen molar-refractivity contribution in [3.63, 3.8) is 0 Å². The molecule has 0 fully saturated rings. The predicted octanol–water partition coefficient (Wildman–Crippen LogP) is -0.0299. The van der Waals surface area contributed by atoms with E-state index >= 15 is 0 Å². The summed E-state index contributed by atoms with van der Waals surface area (Å²) in [7, 11) is 0. The van der Waals surface area contributed by atoms with Crippen LogP contribution in [0.15, 0.2) is 18.2 Å². The Morgan fingerprint density at radius 2 is 1.81 bits per heavy atom. The largest absolute Gasteiger partial charge is 1.00 e. The zero-order valence-corrected chi connectivity index (χ0v) is 13.2. The van der Waals surface area contributed by atoms with Crippen LogP contribution in [0, 0.1) is 5.39 Å². The molecule has 0 saturated heterocycles. The van der Waals surface area contributed by atoms with Gasteiger partial charge in [0.15, 0.2) is 10.7 Å². The molecule has 0 heterocycles. The molecule has 0 aliphatic heterocycles. The van der Waals surface area contributed by atoms with Crippen LogP contribution in [0.3, 0.4) is 0 Å². The summed E-state index contributed by atoms with van der Waals surface area (Å²) in [5.41, 5.74) is 0.387. The van der Waals surface area contributed by atoms with Crippen molar-refractivity contribution in [2.24, 2.45) is 0 Å². The van der Waals surface area contributed by atoms with Gasteiger partial charge < -0.3 is 21.9 Å². The van der Waals surface area contributed by atoms with Crippen molar-refractivity contribution in [2.75, 3.05) is 13.2 Å². The molecule has 6 heteroatoms. The number of hydrogen-bond acceptors (Lipinski definition) is 3. The van der Waals surface area contributed by atoms with E-state index in [0.29, 0.717) is 30.4 Å². The van der Waals surface area contributed by atoms with Crippen LogP contribution in [-0.2, 0) is 19.5 Å². The number of benzene rings is 1. The number of ether oxygens (including phenoxy) is 2. The molecule has 1 aromatic rings. The molecule has 0 aliphatic carbocycles. The summed E-state index contributed by atoms with van der Waals surface area (Å²) in [4.78, 5) is 3.13. The summed E-state index contributed by atoms with van der Waals surface area (Å²) in [6.45, 7) is 4.81. The summed E-state index contributed by atoms with van der Waals surface area (Å²) >= 11 is 0. The molecule has 0 bridgehead atoms. The maximum Gasteiger partial charge on any atom is 0.430 e. The number of para-hydroxylation sites is 1. The van der Waals surface area contributed by atoms with Gasteiger partial charge in [-0.15, -0.1) is 0 Å². The standard InChI is InChI=1S/C10H13N2O2.ClH.Zn/c1-3-13-9-7-5-6-8(12-11)10(9)14-4-2;;/h5-7H,3-4H2,1-2H3;1H;/q+1;;/p-1. The molecule has 84 valence electrons. The fourth-order valence-electron chi connectivity index (χ4n) is 1.14. The van der Waals surface area contributed by atoms with Gasteiger partial charge in [-0.05, 0) is 19.9 Å². The third kappa shape index (κ3) is 4.34. The molecule has 16 heavy (non-hydrogen) atoms. The number of diazo groups is 1. The second kappa shape index (κ2) is 9.38. The van der Waals surface area contributed by atoms with Crippen LogP contribution >= 0.6 is 0 Å². The number of nitrogens with zero attached hydrogens (tertiary/aromatic N) is 2. The first-order valence-corrected chi connectivity index (χ1v) is 4.57. The second-order valence-electron chi connectivity index (χ2n) is 2.57. The van der Waals surface area contributed by atoms with Crippen LogP contribution in [0.25, 0.3) is 4.98 Å². The summed E-state index contributed by atoms with van der Waals surface area (Å²) < 4.78 is 10.7. The second-order valence-corrected chi connectivity index (χ2v) is 2.57. The van der Waals surface area contributed by atoms with Crippen molar-refractivity contribution in [3.8, 4) is 11.5 Å². The Morgan fingerprint density at radius 1 is 1.19 bits per heavy atom. The molecule has 0 N–H and O–H groups in total. The smallest absolute Gasteiger partial charge is 0.430 e. The Kier molecular flexibility index (Phi) is 10.3. The van der Waals surface area contributed by atoms with E-state index in [9.17, 15) is 0 Å². The maximum atomic E-state index is 8.73. The minimum atomic E-state index is 0. The summed E-state index contributed by atoms with van der Waals surface area (Å²) in [6.07, 6.45) is 0. The van der Waals surface area contributed by atoms with Gasteiger partial charge in [-0.3, -0.25) is 0 Å². The Morgan fingerprint density at radius 3 is 2.31 bits per heavy atom. The summed E-state index contributed by atoms with van der Waals surface area (Å²) in [5, 5.41) is 8.73. The molecule has 1 aromatic carbocycles. The van der Waals surface area contributed by atoms with Gasteiger partial charge in [0.1, 0.15) is 0 Å². The molecule has 4 nitrogen and oxygen atoms in total. The molecule has 0 radical (unpaired) electrons. The van der Waals surface area contributed by atoms with Crippen molar-refractivity contribution in [1.82, 2.24) is 0 Å². The number of hydrogen-bond donors (Lipinski definition) is 0. The van der Waals surface area contributed by atoms with E-state index in [-0.39, 0.29) is 31.9 Å². The molecule has 0 amide bonds. The first kappa shape index (κ1) is 17.5. The van der Waals surface area contributed by atoms with Crippen molar-refractivity contribution in [1.29, 1.82) is 5.39 Å². The Hall–Kier alpha value is -0.847. The maximum absolute atomic E-state index is 8.73. The van der Waals surface area contributed by atoms with Gasteiger partial charge >= 0.3 is 5.69 Å². The van der Waals surface area contributed by atoms with Gasteiger partial charge in [-0.25, -0.2) is 0 Å². The average Bonchev–Trinajstić information content (AvgIpc) is 2.21. The van der Waals surface area contributed by atoms with Gasteiger partial charge in [0, 0.05) is 25.5 Å². The SMILES string of the molecule is CCOc1cccc([N+]#N)c1OCC.[Cl-].[Zn]. The zero-order chi connectivity index (χ0) is 10.4. The first-order valence-electron chi connectivity index (χ1n) is 4.57. The monoisotopic (exact) mass is 292 g/mol. The fraction of sp³-hybridized carbons (Fsp3) is 0.400. The van der Waals surface area contributed by atoms with Crippen molar-refractivity contribution >= 4 is 5.69 Å². The molecule has 0 aliphatic rings. The molecule has 0 atom stereocenters. The van der Waals surface area contributed by atoms with E-state index in [1.165, 1.54) is 0 Å².